The van der Waals surface area contributed by atoms with Crippen molar-refractivity contribution in [2.45, 2.75) is 10.9 Å². The van der Waals surface area contributed by atoms with E-state index in [0.29, 0.717) is 10.3 Å². The first-order chi connectivity index (χ1) is 9.76. The number of fused-ring (bicyclic) bond motifs is 1. The van der Waals surface area contributed by atoms with Crippen LogP contribution in [0.5, 0.6) is 5.75 Å². The minimum Gasteiger partial charge on any atom is -0.497 e. The smallest absolute Gasteiger partial charge is 0.189 e. The van der Waals surface area contributed by atoms with Gasteiger partial charge in [0.2, 0.25) is 0 Å². The van der Waals surface area contributed by atoms with Crippen molar-refractivity contribution in [2.75, 3.05) is 7.11 Å². The number of thioether (sulfide) groups is 1. The van der Waals surface area contributed by atoms with Gasteiger partial charge in [-0.3, -0.25) is 0 Å². The minimum absolute atomic E-state index is 0.530. The number of rotatable bonds is 4. The van der Waals surface area contributed by atoms with Crippen molar-refractivity contribution in [3.8, 4) is 5.75 Å². The Balaban J connectivity index is 1.75. The van der Waals surface area contributed by atoms with Gasteiger partial charge in [-0.1, -0.05) is 35.5 Å². The summed E-state index contributed by atoms with van der Waals surface area (Å²) in [6, 6.07) is 9.94. The summed E-state index contributed by atoms with van der Waals surface area (Å²) in [5.74, 6) is 1.66. The van der Waals surface area contributed by atoms with Crippen LogP contribution < -0.4 is 4.74 Å². The zero-order valence-electron chi connectivity index (χ0n) is 10.7. The molecule has 20 heavy (non-hydrogen) atoms. The van der Waals surface area contributed by atoms with Crippen molar-refractivity contribution in [3.63, 3.8) is 0 Å². The molecule has 3 nitrogen and oxygen atoms in total. The molecule has 102 valence electrons. The maximum absolute atomic E-state index is 6.15. The zero-order valence-corrected chi connectivity index (χ0v) is 13.1. The van der Waals surface area contributed by atoms with Crippen molar-refractivity contribution in [1.82, 2.24) is 9.97 Å². The van der Waals surface area contributed by atoms with Crippen LogP contribution in [0.4, 0.5) is 0 Å². The summed E-state index contributed by atoms with van der Waals surface area (Å²) >= 11 is 9.29. The summed E-state index contributed by atoms with van der Waals surface area (Å²) in [7, 11) is 1.66. The second kappa shape index (κ2) is 5.99. The average molecular weight is 323 g/mol. The number of thiophene rings is 1. The minimum atomic E-state index is 0.530. The Morgan fingerprint density at radius 2 is 2.00 bits per heavy atom. The van der Waals surface area contributed by atoms with Crippen molar-refractivity contribution >= 4 is 44.9 Å². The molecule has 0 saturated carbocycles. The van der Waals surface area contributed by atoms with Gasteiger partial charge in [-0.15, -0.1) is 11.3 Å². The van der Waals surface area contributed by atoms with Crippen molar-refractivity contribution in [2.24, 2.45) is 0 Å². The Morgan fingerprint density at radius 1 is 1.20 bits per heavy atom. The van der Waals surface area contributed by atoms with E-state index in [1.165, 1.54) is 5.56 Å². The number of methoxy groups -OCH3 is 1. The summed E-state index contributed by atoms with van der Waals surface area (Å²) in [5.41, 5.74) is 2.10. The zero-order chi connectivity index (χ0) is 13.9. The van der Waals surface area contributed by atoms with E-state index in [0.717, 1.165) is 21.7 Å². The summed E-state index contributed by atoms with van der Waals surface area (Å²) in [6.45, 7) is 0. The van der Waals surface area contributed by atoms with Crippen LogP contribution in [0, 0.1) is 0 Å². The second-order valence-corrected chi connectivity index (χ2v) is 6.29. The maximum atomic E-state index is 6.15. The number of hydrogen-bond acceptors (Lipinski definition) is 5. The van der Waals surface area contributed by atoms with Gasteiger partial charge in [0.25, 0.3) is 0 Å². The largest absolute Gasteiger partial charge is 0.497 e. The molecule has 0 aliphatic carbocycles. The van der Waals surface area contributed by atoms with Crippen LogP contribution >= 0.6 is 34.7 Å². The molecule has 2 heterocycles. The number of hydrogen-bond donors (Lipinski definition) is 0. The molecule has 0 aliphatic heterocycles. The fourth-order valence-electron chi connectivity index (χ4n) is 1.74. The van der Waals surface area contributed by atoms with Gasteiger partial charge < -0.3 is 4.74 Å². The monoisotopic (exact) mass is 322 g/mol. The molecular weight excluding hydrogens is 312 g/mol. The Morgan fingerprint density at radius 3 is 2.75 bits per heavy atom. The lowest BCUT2D eigenvalue weighted by atomic mass is 10.2. The van der Waals surface area contributed by atoms with E-state index in [1.54, 1.807) is 30.2 Å². The highest BCUT2D eigenvalue weighted by molar-refractivity contribution is 7.98. The van der Waals surface area contributed by atoms with Crippen LogP contribution in [-0.4, -0.2) is 17.1 Å². The molecular formula is C14H11ClN2OS2. The third kappa shape index (κ3) is 2.90. The Kier molecular flexibility index (Phi) is 4.10. The van der Waals surface area contributed by atoms with E-state index in [-0.39, 0.29) is 0 Å². The Bertz CT molecular complexity index is 728. The second-order valence-electron chi connectivity index (χ2n) is 4.07. The third-order valence-electron chi connectivity index (χ3n) is 2.77. The molecule has 6 heteroatoms. The number of halogens is 1. The number of aromatic nitrogens is 2. The number of nitrogens with zero attached hydrogens (tertiary/aromatic N) is 2. The molecule has 0 bridgehead atoms. The molecule has 0 aliphatic rings. The van der Waals surface area contributed by atoms with E-state index in [9.17, 15) is 0 Å². The lowest BCUT2D eigenvalue weighted by Crippen LogP contribution is -1.89. The van der Waals surface area contributed by atoms with Crippen LogP contribution in [0.3, 0.4) is 0 Å². The van der Waals surface area contributed by atoms with Crippen LogP contribution in [-0.2, 0) is 5.75 Å². The molecule has 3 aromatic rings. The third-order valence-corrected chi connectivity index (χ3v) is 4.98. The summed E-state index contributed by atoms with van der Waals surface area (Å²) in [5, 5.41) is 3.21. The van der Waals surface area contributed by atoms with Crippen LogP contribution in [0.15, 0.2) is 40.9 Å². The SMILES string of the molecule is COc1ccc(CSc2nc(Cl)c3sccc3n2)cc1. The molecule has 0 radical (unpaired) electrons. The standard InChI is InChI=1S/C14H11ClN2OS2/c1-18-10-4-2-9(3-5-10)8-20-14-16-11-6-7-19-12(11)13(15)17-14/h2-7H,8H2,1H3. The number of benzene rings is 1. The topological polar surface area (TPSA) is 35.0 Å². The maximum Gasteiger partial charge on any atom is 0.189 e. The predicted molar refractivity (Wildman–Crippen MR) is 85.0 cm³/mol. The molecule has 2 aromatic heterocycles. The van der Waals surface area contributed by atoms with Gasteiger partial charge in [-0.2, -0.15) is 0 Å². The highest BCUT2D eigenvalue weighted by atomic mass is 35.5. The normalized spacial score (nSPS) is 10.9. The van der Waals surface area contributed by atoms with E-state index in [4.69, 9.17) is 16.3 Å². The van der Waals surface area contributed by atoms with E-state index >= 15 is 0 Å². The van der Waals surface area contributed by atoms with Gasteiger partial charge in [0, 0.05) is 5.75 Å². The molecule has 0 fully saturated rings. The molecule has 0 unspecified atom stereocenters. The van der Waals surface area contributed by atoms with Crippen LogP contribution in [0.25, 0.3) is 10.2 Å². The van der Waals surface area contributed by atoms with Gasteiger partial charge in [0.1, 0.15) is 5.75 Å². The first-order valence-corrected chi connectivity index (χ1v) is 8.17. The fourth-order valence-corrected chi connectivity index (χ4v) is 3.62. The summed E-state index contributed by atoms with van der Waals surface area (Å²) in [4.78, 5) is 8.82. The van der Waals surface area contributed by atoms with Gasteiger partial charge in [-0.05, 0) is 29.1 Å². The van der Waals surface area contributed by atoms with Crippen molar-refractivity contribution in [3.05, 3.63) is 46.4 Å². The first kappa shape index (κ1) is 13.7. The van der Waals surface area contributed by atoms with E-state index < -0.39 is 0 Å². The molecule has 0 saturated heterocycles. The quantitative estimate of drug-likeness (QED) is 0.398. The van der Waals surface area contributed by atoms with Crippen molar-refractivity contribution < 1.29 is 4.74 Å². The molecule has 3 rings (SSSR count). The fraction of sp³-hybridized carbons (Fsp3) is 0.143. The molecule has 1 aromatic carbocycles. The molecule has 0 N–H and O–H groups in total. The lowest BCUT2D eigenvalue weighted by Gasteiger charge is -2.03. The van der Waals surface area contributed by atoms with Gasteiger partial charge in [-0.25, -0.2) is 9.97 Å². The highest BCUT2D eigenvalue weighted by Gasteiger charge is 2.07. The van der Waals surface area contributed by atoms with Gasteiger partial charge in [0.15, 0.2) is 10.3 Å². The van der Waals surface area contributed by atoms with Crippen LogP contribution in [0.1, 0.15) is 5.56 Å². The average Bonchev–Trinajstić information content (AvgIpc) is 2.94. The lowest BCUT2D eigenvalue weighted by molar-refractivity contribution is 0.414. The molecule has 0 amide bonds. The van der Waals surface area contributed by atoms with Crippen LogP contribution in [0.2, 0.25) is 5.15 Å². The molecule has 0 spiro atoms. The Hall–Kier alpha value is -1.30. The van der Waals surface area contributed by atoms with Gasteiger partial charge in [0.05, 0.1) is 17.3 Å². The van der Waals surface area contributed by atoms with E-state index in [2.05, 4.69) is 9.97 Å². The van der Waals surface area contributed by atoms with Gasteiger partial charge >= 0.3 is 0 Å². The summed E-state index contributed by atoms with van der Waals surface area (Å²) < 4.78 is 6.08. The van der Waals surface area contributed by atoms with Crippen molar-refractivity contribution in [1.29, 1.82) is 0 Å². The highest BCUT2D eigenvalue weighted by Crippen LogP contribution is 2.29. The first-order valence-electron chi connectivity index (χ1n) is 5.93. The van der Waals surface area contributed by atoms with E-state index in [1.807, 2.05) is 35.7 Å². The number of ether oxygens (including phenoxy) is 1. The summed E-state index contributed by atoms with van der Waals surface area (Å²) in [6.07, 6.45) is 0. The predicted octanol–water partition coefficient (Wildman–Crippen LogP) is 4.65. The Labute approximate surface area is 130 Å². The molecule has 0 atom stereocenters.